The molecular formula is C19H18F4N4O2S. The summed E-state index contributed by atoms with van der Waals surface area (Å²) in [5.41, 5.74) is -0.0743. The molecule has 2 aromatic rings. The Morgan fingerprint density at radius 3 is 2.53 bits per heavy atom. The molecule has 0 atom stereocenters. The summed E-state index contributed by atoms with van der Waals surface area (Å²) in [5.74, 6) is 0.0800. The fourth-order valence-corrected chi connectivity index (χ4v) is 3.38. The van der Waals surface area contributed by atoms with E-state index in [4.69, 9.17) is 17.0 Å². The number of methoxy groups -OCH3 is 1. The predicted octanol–water partition coefficient (Wildman–Crippen LogP) is 3.89. The molecule has 1 aliphatic heterocycles. The zero-order valence-electron chi connectivity index (χ0n) is 16.0. The van der Waals surface area contributed by atoms with Crippen molar-refractivity contribution >= 4 is 29.3 Å². The first-order chi connectivity index (χ1) is 14.2. The number of halogens is 4. The van der Waals surface area contributed by atoms with Gasteiger partial charge in [-0.2, -0.15) is 5.10 Å². The predicted molar refractivity (Wildman–Crippen MR) is 105 cm³/mol. The lowest BCUT2D eigenvalue weighted by molar-refractivity contribution is -0.122. The number of likely N-dealkylation sites (N-methyl/N-ethyl adjacent to an activating group) is 1. The summed E-state index contributed by atoms with van der Waals surface area (Å²) in [4.78, 5) is 13.7. The summed E-state index contributed by atoms with van der Waals surface area (Å²) >= 11 is 5.11. The Hall–Kier alpha value is -2.95. The quantitative estimate of drug-likeness (QED) is 0.401. The summed E-state index contributed by atoms with van der Waals surface area (Å²) in [7, 11) is 1.40. The zero-order chi connectivity index (χ0) is 22.0. The lowest BCUT2D eigenvalue weighted by atomic mass is 10.1. The zero-order valence-corrected chi connectivity index (χ0v) is 16.9. The second kappa shape index (κ2) is 8.82. The van der Waals surface area contributed by atoms with Crippen LogP contribution in [0.2, 0.25) is 0 Å². The topological polar surface area (TPSA) is 59.4 Å². The highest BCUT2D eigenvalue weighted by atomic mass is 32.1. The lowest BCUT2D eigenvalue weighted by Gasteiger charge is -2.12. The van der Waals surface area contributed by atoms with Gasteiger partial charge in [-0.25, -0.2) is 17.6 Å². The number of ether oxygens (including phenoxy) is 1. The maximum Gasteiger partial charge on any atom is 0.282 e. The van der Waals surface area contributed by atoms with Crippen molar-refractivity contribution in [3.63, 3.8) is 0 Å². The maximum absolute atomic E-state index is 13.3. The third kappa shape index (κ3) is 4.30. The molecule has 1 aliphatic rings. The van der Waals surface area contributed by atoms with E-state index < -0.39 is 24.2 Å². The van der Waals surface area contributed by atoms with Crippen molar-refractivity contribution in [1.82, 2.24) is 20.0 Å². The molecule has 6 nitrogen and oxygen atoms in total. The summed E-state index contributed by atoms with van der Waals surface area (Å²) in [6, 6.07) is 5.56. The van der Waals surface area contributed by atoms with Gasteiger partial charge in [-0.1, -0.05) is 6.07 Å². The molecular weight excluding hydrogens is 424 g/mol. The van der Waals surface area contributed by atoms with Crippen molar-refractivity contribution in [3.8, 4) is 5.75 Å². The van der Waals surface area contributed by atoms with Gasteiger partial charge in [-0.3, -0.25) is 14.4 Å². The summed E-state index contributed by atoms with van der Waals surface area (Å²) < 4.78 is 58.5. The molecule has 0 unspecified atom stereocenters. The molecule has 1 saturated heterocycles. The molecule has 2 heterocycles. The molecule has 1 aromatic heterocycles. The van der Waals surface area contributed by atoms with E-state index in [1.54, 1.807) is 31.2 Å². The Bertz CT molecular complexity index is 1010. The number of aromatic nitrogens is 2. The number of thiocarbonyl (C=S) groups is 1. The minimum absolute atomic E-state index is 0.215. The van der Waals surface area contributed by atoms with E-state index in [0.29, 0.717) is 34.6 Å². The first-order valence-electron chi connectivity index (χ1n) is 8.90. The van der Waals surface area contributed by atoms with Gasteiger partial charge in [0.1, 0.15) is 22.8 Å². The van der Waals surface area contributed by atoms with Crippen molar-refractivity contribution in [1.29, 1.82) is 0 Å². The molecule has 160 valence electrons. The Morgan fingerprint density at radius 1 is 1.23 bits per heavy atom. The standard InChI is InChI=1S/C19H18F4N4O2S/c1-3-26-18(28)13(24-19(26)30)7-10-4-5-15(29-2)11(6-10)9-27-14(17(22)23)8-12(25-27)16(20)21/h4-8,16-17H,3,9H2,1-2H3,(H,24,30)/b13-7+. The van der Waals surface area contributed by atoms with Gasteiger partial charge in [0.2, 0.25) is 0 Å². The molecule has 1 N–H and O–H groups in total. The first-order valence-corrected chi connectivity index (χ1v) is 9.31. The fraction of sp³-hybridized carbons (Fsp3) is 0.316. The molecule has 11 heteroatoms. The smallest absolute Gasteiger partial charge is 0.282 e. The fourth-order valence-electron chi connectivity index (χ4n) is 3.06. The molecule has 0 aliphatic carbocycles. The van der Waals surface area contributed by atoms with Crippen LogP contribution in [0.5, 0.6) is 5.75 Å². The number of hydrogen-bond donors (Lipinski definition) is 1. The Balaban J connectivity index is 1.96. The maximum atomic E-state index is 13.3. The monoisotopic (exact) mass is 442 g/mol. The summed E-state index contributed by atoms with van der Waals surface area (Å²) in [5, 5.41) is 6.72. The molecule has 30 heavy (non-hydrogen) atoms. The van der Waals surface area contributed by atoms with Crippen molar-refractivity contribution in [2.24, 2.45) is 0 Å². The molecule has 0 bridgehead atoms. The number of benzene rings is 1. The molecule has 0 saturated carbocycles. The Kier molecular flexibility index (Phi) is 6.40. The average molecular weight is 442 g/mol. The van der Waals surface area contributed by atoms with Crippen LogP contribution < -0.4 is 10.1 Å². The van der Waals surface area contributed by atoms with E-state index >= 15 is 0 Å². The Labute approximate surface area is 175 Å². The van der Waals surface area contributed by atoms with Crippen LogP contribution in [-0.2, 0) is 11.3 Å². The highest BCUT2D eigenvalue weighted by molar-refractivity contribution is 7.80. The summed E-state index contributed by atoms with van der Waals surface area (Å²) in [6.07, 6.45) is -4.37. The van der Waals surface area contributed by atoms with Crippen LogP contribution in [0.3, 0.4) is 0 Å². The number of alkyl halides is 4. The molecule has 0 spiro atoms. The van der Waals surface area contributed by atoms with Gasteiger partial charge < -0.3 is 10.1 Å². The normalized spacial score (nSPS) is 15.6. The van der Waals surface area contributed by atoms with Gasteiger partial charge in [0, 0.05) is 12.1 Å². The van der Waals surface area contributed by atoms with Crippen molar-refractivity contribution in [2.45, 2.75) is 26.3 Å². The van der Waals surface area contributed by atoms with Gasteiger partial charge in [0.25, 0.3) is 18.8 Å². The molecule has 1 amide bonds. The first kappa shape index (κ1) is 21.8. The van der Waals surface area contributed by atoms with Gasteiger partial charge in [0.15, 0.2) is 5.11 Å². The number of rotatable bonds is 7. The van der Waals surface area contributed by atoms with Crippen LogP contribution in [0, 0.1) is 0 Å². The van der Waals surface area contributed by atoms with E-state index in [0.717, 1.165) is 4.68 Å². The molecule has 1 aromatic carbocycles. The van der Waals surface area contributed by atoms with Crippen LogP contribution in [0.25, 0.3) is 6.08 Å². The molecule has 1 fully saturated rings. The molecule has 3 rings (SSSR count). The van der Waals surface area contributed by atoms with Gasteiger partial charge in [-0.15, -0.1) is 0 Å². The second-order valence-electron chi connectivity index (χ2n) is 6.36. The van der Waals surface area contributed by atoms with Crippen LogP contribution in [0.1, 0.15) is 42.3 Å². The van der Waals surface area contributed by atoms with Crippen molar-refractivity contribution < 1.29 is 27.1 Å². The van der Waals surface area contributed by atoms with E-state index in [1.807, 2.05) is 0 Å². The van der Waals surface area contributed by atoms with E-state index in [9.17, 15) is 22.4 Å². The third-order valence-electron chi connectivity index (χ3n) is 4.49. The highest BCUT2D eigenvalue weighted by Crippen LogP contribution is 2.28. The SMILES string of the molecule is CCN1C(=O)/C(=C\c2ccc(OC)c(Cn3nc(C(F)F)cc3C(F)F)c2)NC1=S. The van der Waals surface area contributed by atoms with E-state index in [-0.39, 0.29) is 18.1 Å². The van der Waals surface area contributed by atoms with Crippen LogP contribution in [-0.4, -0.2) is 39.4 Å². The van der Waals surface area contributed by atoms with E-state index in [2.05, 4.69) is 10.4 Å². The van der Waals surface area contributed by atoms with Crippen molar-refractivity contribution in [2.75, 3.05) is 13.7 Å². The van der Waals surface area contributed by atoms with Gasteiger partial charge >= 0.3 is 0 Å². The minimum atomic E-state index is -2.97. The number of nitrogens with one attached hydrogen (secondary N) is 1. The number of hydrogen-bond acceptors (Lipinski definition) is 4. The van der Waals surface area contributed by atoms with Gasteiger partial charge in [0.05, 0.1) is 13.7 Å². The lowest BCUT2D eigenvalue weighted by Crippen LogP contribution is -2.30. The average Bonchev–Trinajstić information content (AvgIpc) is 3.23. The van der Waals surface area contributed by atoms with E-state index in [1.165, 1.54) is 12.0 Å². The van der Waals surface area contributed by atoms with Crippen LogP contribution in [0.15, 0.2) is 30.0 Å². The Morgan fingerprint density at radius 2 is 1.97 bits per heavy atom. The highest BCUT2D eigenvalue weighted by Gasteiger charge is 2.29. The van der Waals surface area contributed by atoms with Crippen LogP contribution in [0.4, 0.5) is 17.6 Å². The number of carbonyl (C=O) groups excluding carboxylic acids is 1. The number of carbonyl (C=O) groups is 1. The number of nitrogens with zero attached hydrogens (tertiary/aromatic N) is 3. The minimum Gasteiger partial charge on any atom is -0.496 e. The van der Waals surface area contributed by atoms with Crippen molar-refractivity contribution in [3.05, 3.63) is 52.5 Å². The van der Waals surface area contributed by atoms with Crippen LogP contribution >= 0.6 is 12.2 Å². The summed E-state index contributed by atoms with van der Waals surface area (Å²) in [6.45, 7) is 1.99. The number of amides is 1. The second-order valence-corrected chi connectivity index (χ2v) is 6.75. The van der Waals surface area contributed by atoms with Gasteiger partial charge in [-0.05, 0) is 49.0 Å². The third-order valence-corrected chi connectivity index (χ3v) is 4.81. The molecule has 0 radical (unpaired) electrons. The largest absolute Gasteiger partial charge is 0.496 e.